The molecule has 0 aromatic heterocycles. The molecule has 0 aromatic carbocycles. The molecule has 0 N–H and O–H groups in total. The summed E-state index contributed by atoms with van der Waals surface area (Å²) >= 11 is 0. The first kappa shape index (κ1) is 21.2. The van der Waals surface area contributed by atoms with Crippen LogP contribution in [0.5, 0.6) is 0 Å². The van der Waals surface area contributed by atoms with E-state index in [0.717, 1.165) is 44.9 Å². The molecule has 130 valence electrons. The topological polar surface area (TPSA) is 52.6 Å². The van der Waals surface area contributed by atoms with Crippen molar-refractivity contribution in [2.45, 2.75) is 65.2 Å². The Morgan fingerprint density at radius 3 is 1.96 bits per heavy atom. The van der Waals surface area contributed by atoms with Crippen LogP contribution in [0, 0.1) is 17.8 Å². The summed E-state index contributed by atoms with van der Waals surface area (Å²) in [5.74, 6) is 4.51. The van der Waals surface area contributed by atoms with Gasteiger partial charge >= 0.3 is 11.9 Å². The van der Waals surface area contributed by atoms with Crippen LogP contribution in [-0.4, -0.2) is 25.2 Å². The van der Waals surface area contributed by atoms with Crippen LogP contribution < -0.4 is 0 Å². The second-order valence-corrected chi connectivity index (χ2v) is 5.19. The molecule has 0 unspecified atom stereocenters. The Morgan fingerprint density at radius 2 is 1.48 bits per heavy atom. The summed E-state index contributed by atoms with van der Waals surface area (Å²) in [6.45, 7) is 7.68. The first-order valence-electron chi connectivity index (χ1n) is 8.57. The standard InChI is InChI=1S/C19H30O4/c1-4-7-8-9-10-11-12-13-14-15-16-17(18(20)22-5-2)19(21)23-6-3/h4,17H,1,5-10,13-16H2,2-3H3. The maximum Gasteiger partial charge on any atom is 0.320 e. The molecule has 0 spiro atoms. The van der Waals surface area contributed by atoms with Gasteiger partial charge in [-0.05, 0) is 46.0 Å². The number of allylic oxidation sites excluding steroid dienone is 1. The molecule has 0 aliphatic heterocycles. The highest BCUT2D eigenvalue weighted by molar-refractivity contribution is 5.94. The van der Waals surface area contributed by atoms with Crippen molar-refractivity contribution in [3.8, 4) is 11.8 Å². The molecule has 0 bridgehead atoms. The molecule has 0 heterocycles. The van der Waals surface area contributed by atoms with Gasteiger partial charge in [0.25, 0.3) is 0 Å². The van der Waals surface area contributed by atoms with Crippen LogP contribution in [0.3, 0.4) is 0 Å². The van der Waals surface area contributed by atoms with Gasteiger partial charge in [-0.1, -0.05) is 12.5 Å². The van der Waals surface area contributed by atoms with Crippen LogP contribution in [-0.2, 0) is 19.1 Å². The zero-order valence-electron chi connectivity index (χ0n) is 14.6. The highest BCUT2D eigenvalue weighted by atomic mass is 16.6. The molecular formula is C19H30O4. The van der Waals surface area contributed by atoms with Crippen molar-refractivity contribution in [1.82, 2.24) is 0 Å². The van der Waals surface area contributed by atoms with Crippen molar-refractivity contribution in [2.75, 3.05) is 13.2 Å². The van der Waals surface area contributed by atoms with Gasteiger partial charge in [0, 0.05) is 12.8 Å². The first-order chi connectivity index (χ1) is 11.2. The van der Waals surface area contributed by atoms with Crippen LogP contribution in [0.15, 0.2) is 12.7 Å². The third-order valence-corrected chi connectivity index (χ3v) is 3.27. The summed E-state index contributed by atoms with van der Waals surface area (Å²) in [4.78, 5) is 23.6. The molecule has 0 aliphatic rings. The maximum absolute atomic E-state index is 11.8. The van der Waals surface area contributed by atoms with Gasteiger partial charge in [0.2, 0.25) is 0 Å². The highest BCUT2D eigenvalue weighted by Gasteiger charge is 2.28. The Kier molecular flexibility index (Phi) is 14.0. The van der Waals surface area contributed by atoms with Gasteiger partial charge in [-0.25, -0.2) is 0 Å². The Labute approximate surface area is 140 Å². The van der Waals surface area contributed by atoms with Crippen LogP contribution in [0.25, 0.3) is 0 Å². The lowest BCUT2D eigenvalue weighted by Gasteiger charge is -2.13. The third-order valence-electron chi connectivity index (χ3n) is 3.27. The molecular weight excluding hydrogens is 292 g/mol. The number of hydrogen-bond acceptors (Lipinski definition) is 4. The summed E-state index contributed by atoms with van der Waals surface area (Å²) < 4.78 is 9.88. The lowest BCUT2D eigenvalue weighted by molar-refractivity contribution is -0.161. The second kappa shape index (κ2) is 15.1. The number of ether oxygens (including phenoxy) is 2. The van der Waals surface area contributed by atoms with E-state index in [2.05, 4.69) is 18.4 Å². The van der Waals surface area contributed by atoms with Gasteiger partial charge in [0.1, 0.15) is 0 Å². The molecule has 0 rings (SSSR count). The zero-order chi connectivity index (χ0) is 17.3. The number of unbranched alkanes of at least 4 members (excludes halogenated alkanes) is 5. The Morgan fingerprint density at radius 1 is 0.957 bits per heavy atom. The smallest absolute Gasteiger partial charge is 0.320 e. The van der Waals surface area contributed by atoms with E-state index in [0.29, 0.717) is 6.42 Å². The van der Waals surface area contributed by atoms with Gasteiger partial charge < -0.3 is 9.47 Å². The van der Waals surface area contributed by atoms with E-state index in [-0.39, 0.29) is 13.2 Å². The Hall–Kier alpha value is -1.76. The molecule has 0 aliphatic carbocycles. The van der Waals surface area contributed by atoms with E-state index < -0.39 is 17.9 Å². The summed E-state index contributed by atoms with van der Waals surface area (Å²) in [7, 11) is 0. The Balaban J connectivity index is 3.99. The van der Waals surface area contributed by atoms with E-state index in [4.69, 9.17) is 9.47 Å². The van der Waals surface area contributed by atoms with Crippen LogP contribution >= 0.6 is 0 Å². The lowest BCUT2D eigenvalue weighted by Crippen LogP contribution is -2.28. The van der Waals surface area contributed by atoms with E-state index in [1.54, 1.807) is 13.8 Å². The van der Waals surface area contributed by atoms with Crippen molar-refractivity contribution >= 4 is 11.9 Å². The minimum absolute atomic E-state index is 0.270. The quantitative estimate of drug-likeness (QED) is 0.179. The fraction of sp³-hybridized carbons (Fsp3) is 0.684. The first-order valence-corrected chi connectivity index (χ1v) is 8.57. The summed E-state index contributed by atoms with van der Waals surface area (Å²) in [6, 6.07) is 0. The molecule has 0 atom stereocenters. The monoisotopic (exact) mass is 322 g/mol. The Bertz CT molecular complexity index is 385. The van der Waals surface area contributed by atoms with Crippen molar-refractivity contribution < 1.29 is 19.1 Å². The van der Waals surface area contributed by atoms with Crippen molar-refractivity contribution in [3.05, 3.63) is 12.7 Å². The van der Waals surface area contributed by atoms with E-state index in [1.807, 2.05) is 6.08 Å². The minimum Gasteiger partial charge on any atom is -0.465 e. The molecule has 4 nitrogen and oxygen atoms in total. The van der Waals surface area contributed by atoms with Crippen LogP contribution in [0.4, 0.5) is 0 Å². The largest absolute Gasteiger partial charge is 0.465 e. The highest BCUT2D eigenvalue weighted by Crippen LogP contribution is 2.14. The third kappa shape index (κ3) is 11.5. The number of hydrogen-bond donors (Lipinski definition) is 0. The predicted molar refractivity (Wildman–Crippen MR) is 91.7 cm³/mol. The molecule has 0 fully saturated rings. The van der Waals surface area contributed by atoms with Gasteiger partial charge in [0.05, 0.1) is 13.2 Å². The molecule has 0 saturated heterocycles. The van der Waals surface area contributed by atoms with Gasteiger partial charge in [0.15, 0.2) is 5.92 Å². The summed E-state index contributed by atoms with van der Waals surface area (Å²) in [6.07, 6.45) is 9.01. The van der Waals surface area contributed by atoms with Crippen molar-refractivity contribution in [1.29, 1.82) is 0 Å². The van der Waals surface area contributed by atoms with E-state index >= 15 is 0 Å². The van der Waals surface area contributed by atoms with Gasteiger partial charge in [-0.15, -0.1) is 18.4 Å². The van der Waals surface area contributed by atoms with Gasteiger partial charge in [-0.2, -0.15) is 0 Å². The summed E-state index contributed by atoms with van der Waals surface area (Å²) in [5, 5.41) is 0. The minimum atomic E-state index is -0.804. The van der Waals surface area contributed by atoms with Crippen molar-refractivity contribution in [3.63, 3.8) is 0 Å². The van der Waals surface area contributed by atoms with Crippen molar-refractivity contribution in [2.24, 2.45) is 5.92 Å². The average Bonchev–Trinajstić information content (AvgIpc) is 2.53. The molecule has 4 heteroatoms. The normalized spacial score (nSPS) is 9.87. The molecule has 23 heavy (non-hydrogen) atoms. The average molecular weight is 322 g/mol. The van der Waals surface area contributed by atoms with E-state index in [9.17, 15) is 9.59 Å². The fourth-order valence-corrected chi connectivity index (χ4v) is 2.06. The van der Waals surface area contributed by atoms with Crippen LogP contribution in [0.1, 0.15) is 65.2 Å². The number of rotatable bonds is 12. The zero-order valence-corrected chi connectivity index (χ0v) is 14.6. The number of carbonyl (C=O) groups is 2. The SMILES string of the molecule is C=CCCCCC#CCCCCC(C(=O)OCC)C(=O)OCC. The van der Waals surface area contributed by atoms with Gasteiger partial charge in [-0.3, -0.25) is 9.59 Å². The molecule has 0 radical (unpaired) electrons. The lowest BCUT2D eigenvalue weighted by atomic mass is 10.0. The van der Waals surface area contributed by atoms with E-state index in [1.165, 1.54) is 0 Å². The molecule has 0 amide bonds. The predicted octanol–water partition coefficient (Wildman–Crippen LogP) is 4.04. The molecule has 0 saturated carbocycles. The second-order valence-electron chi connectivity index (χ2n) is 5.19. The number of esters is 2. The summed E-state index contributed by atoms with van der Waals surface area (Å²) in [5.41, 5.74) is 0. The van der Waals surface area contributed by atoms with Crippen LogP contribution in [0.2, 0.25) is 0 Å². The maximum atomic E-state index is 11.8. The fourth-order valence-electron chi connectivity index (χ4n) is 2.06. The molecule has 0 aromatic rings. The number of carbonyl (C=O) groups excluding carboxylic acids is 2.